The van der Waals surface area contributed by atoms with Gasteiger partial charge in [-0.25, -0.2) is 4.39 Å². The van der Waals surface area contributed by atoms with Crippen LogP contribution < -0.4 is 5.32 Å². The Morgan fingerprint density at radius 2 is 2.37 bits per heavy atom. The van der Waals surface area contributed by atoms with Gasteiger partial charge in [0.2, 0.25) is 0 Å². The second-order valence-corrected chi connectivity index (χ2v) is 5.52. The summed E-state index contributed by atoms with van der Waals surface area (Å²) in [5.41, 5.74) is 1.16. The van der Waals surface area contributed by atoms with E-state index < -0.39 is 5.54 Å². The molecule has 0 saturated carbocycles. The predicted octanol–water partition coefficient (Wildman–Crippen LogP) is 1.73. The summed E-state index contributed by atoms with van der Waals surface area (Å²) in [7, 11) is 0. The molecule has 2 aliphatic rings. The third-order valence-electron chi connectivity index (χ3n) is 4.40. The molecule has 1 aromatic carbocycles. The van der Waals surface area contributed by atoms with Crippen LogP contribution in [0.15, 0.2) is 18.2 Å². The van der Waals surface area contributed by atoms with Gasteiger partial charge >= 0.3 is 0 Å². The molecule has 2 unspecified atom stereocenters. The smallest absolute Gasteiger partial charge is 0.126 e. The van der Waals surface area contributed by atoms with Gasteiger partial charge in [0, 0.05) is 13.2 Å². The van der Waals surface area contributed by atoms with Crippen molar-refractivity contribution in [2.45, 2.75) is 37.3 Å². The van der Waals surface area contributed by atoms with Gasteiger partial charge < -0.3 is 15.2 Å². The molecule has 0 spiro atoms. The molecule has 0 amide bonds. The van der Waals surface area contributed by atoms with Crippen molar-refractivity contribution >= 4 is 0 Å². The van der Waals surface area contributed by atoms with E-state index in [1.807, 2.05) is 6.07 Å². The van der Waals surface area contributed by atoms with E-state index in [1.165, 1.54) is 6.07 Å². The van der Waals surface area contributed by atoms with Gasteiger partial charge in [0.25, 0.3) is 0 Å². The lowest BCUT2D eigenvalue weighted by Crippen LogP contribution is -2.47. The van der Waals surface area contributed by atoms with Gasteiger partial charge in [0.1, 0.15) is 5.82 Å². The van der Waals surface area contributed by atoms with Crippen LogP contribution in [0.25, 0.3) is 0 Å². The molecule has 0 bridgehead atoms. The fraction of sp³-hybridized carbons (Fsp3) is 0.600. The lowest BCUT2D eigenvalue weighted by atomic mass is 9.92. The molecule has 19 heavy (non-hydrogen) atoms. The summed E-state index contributed by atoms with van der Waals surface area (Å²) >= 11 is 0. The van der Waals surface area contributed by atoms with E-state index >= 15 is 0 Å². The van der Waals surface area contributed by atoms with Gasteiger partial charge in [-0.2, -0.15) is 0 Å². The van der Waals surface area contributed by atoms with Crippen LogP contribution in [-0.4, -0.2) is 31.0 Å². The first-order chi connectivity index (χ1) is 9.25. The molecule has 4 heteroatoms. The zero-order valence-corrected chi connectivity index (χ0v) is 11.0. The van der Waals surface area contributed by atoms with Crippen LogP contribution in [-0.2, 0) is 16.7 Å². The van der Waals surface area contributed by atoms with E-state index in [0.29, 0.717) is 6.42 Å². The highest BCUT2D eigenvalue weighted by molar-refractivity contribution is 5.40. The third kappa shape index (κ3) is 2.29. The Kier molecular flexibility index (Phi) is 3.56. The van der Waals surface area contributed by atoms with E-state index in [4.69, 9.17) is 4.74 Å². The Hall–Kier alpha value is -0.970. The maximum atomic E-state index is 13.8. The number of aliphatic hydroxyl groups excluding tert-OH is 1. The number of nitrogens with one attached hydrogen (secondary N) is 1. The topological polar surface area (TPSA) is 41.5 Å². The van der Waals surface area contributed by atoms with Crippen LogP contribution in [0, 0.1) is 5.82 Å². The molecule has 1 heterocycles. The summed E-state index contributed by atoms with van der Waals surface area (Å²) in [5, 5.41) is 13.2. The number of aliphatic hydroxyl groups is 1. The van der Waals surface area contributed by atoms with E-state index in [9.17, 15) is 9.50 Å². The number of benzene rings is 1. The minimum atomic E-state index is -0.497. The molecule has 2 atom stereocenters. The van der Waals surface area contributed by atoms with Crippen LogP contribution in [0.2, 0.25) is 0 Å². The molecule has 1 aliphatic heterocycles. The zero-order valence-electron chi connectivity index (χ0n) is 11.0. The Bertz CT molecular complexity index is 459. The van der Waals surface area contributed by atoms with Crippen LogP contribution in [0.1, 0.15) is 30.4 Å². The van der Waals surface area contributed by atoms with Gasteiger partial charge in [-0.05, 0) is 42.9 Å². The molecule has 1 aromatic rings. The van der Waals surface area contributed by atoms with Crippen molar-refractivity contribution in [1.29, 1.82) is 0 Å². The Morgan fingerprint density at radius 3 is 3.11 bits per heavy atom. The van der Waals surface area contributed by atoms with Crippen molar-refractivity contribution in [2.24, 2.45) is 0 Å². The Labute approximate surface area is 112 Å². The summed E-state index contributed by atoms with van der Waals surface area (Å²) in [6, 6.07) is 5.13. The maximum Gasteiger partial charge on any atom is 0.126 e. The lowest BCUT2D eigenvalue weighted by molar-refractivity contribution is 0.0872. The lowest BCUT2D eigenvalue weighted by Gasteiger charge is -2.31. The molecule has 1 fully saturated rings. The summed E-state index contributed by atoms with van der Waals surface area (Å²) in [6.07, 6.45) is 3.81. The number of rotatable bonds is 4. The van der Waals surface area contributed by atoms with E-state index in [0.717, 1.165) is 43.5 Å². The molecular formula is C15H20FNO2. The normalized spacial score (nSPS) is 29.7. The molecular weight excluding hydrogens is 245 g/mol. The molecule has 3 nitrogen and oxygen atoms in total. The first-order valence-corrected chi connectivity index (χ1v) is 7.00. The summed E-state index contributed by atoms with van der Waals surface area (Å²) in [4.78, 5) is 0. The molecule has 2 N–H and O–H groups in total. The van der Waals surface area contributed by atoms with Crippen LogP contribution >= 0.6 is 0 Å². The largest absolute Gasteiger partial charge is 0.394 e. The minimum absolute atomic E-state index is 0.00380. The quantitative estimate of drug-likeness (QED) is 0.871. The van der Waals surface area contributed by atoms with E-state index in [-0.39, 0.29) is 18.5 Å². The predicted molar refractivity (Wildman–Crippen MR) is 70.5 cm³/mol. The molecule has 0 aromatic heterocycles. The highest BCUT2D eigenvalue weighted by atomic mass is 19.1. The Morgan fingerprint density at radius 1 is 1.47 bits per heavy atom. The first-order valence-electron chi connectivity index (χ1n) is 7.00. The van der Waals surface area contributed by atoms with Gasteiger partial charge in [-0.3, -0.25) is 0 Å². The van der Waals surface area contributed by atoms with Gasteiger partial charge in [-0.15, -0.1) is 0 Å². The molecule has 104 valence electrons. The van der Waals surface area contributed by atoms with Crippen LogP contribution in [0.4, 0.5) is 4.39 Å². The van der Waals surface area contributed by atoms with Crippen molar-refractivity contribution in [3.05, 3.63) is 35.1 Å². The Balaban J connectivity index is 1.79. The van der Waals surface area contributed by atoms with Crippen molar-refractivity contribution in [1.82, 2.24) is 5.32 Å². The number of hydrogen-bond acceptors (Lipinski definition) is 3. The van der Waals surface area contributed by atoms with Gasteiger partial charge in [0.15, 0.2) is 0 Å². The molecule has 0 radical (unpaired) electrons. The highest BCUT2D eigenvalue weighted by Gasteiger charge is 2.39. The fourth-order valence-electron chi connectivity index (χ4n) is 3.25. The van der Waals surface area contributed by atoms with Crippen molar-refractivity contribution in [3.63, 3.8) is 0 Å². The van der Waals surface area contributed by atoms with Gasteiger partial charge in [0.05, 0.1) is 18.2 Å². The average Bonchev–Trinajstić information content (AvgIpc) is 3.05. The average molecular weight is 265 g/mol. The van der Waals surface area contributed by atoms with Gasteiger partial charge in [-0.1, -0.05) is 12.1 Å². The second kappa shape index (κ2) is 5.19. The van der Waals surface area contributed by atoms with E-state index in [2.05, 4.69) is 5.32 Å². The van der Waals surface area contributed by atoms with Crippen LogP contribution in [0.5, 0.6) is 0 Å². The van der Waals surface area contributed by atoms with Crippen molar-refractivity contribution in [3.8, 4) is 0 Å². The SMILES string of the molecule is OCC1(NCC2CCCO2)CCc2c(F)cccc21. The molecule has 1 saturated heterocycles. The number of ether oxygens (including phenoxy) is 1. The van der Waals surface area contributed by atoms with Crippen molar-refractivity contribution in [2.75, 3.05) is 19.8 Å². The number of hydrogen-bond donors (Lipinski definition) is 2. The summed E-state index contributed by atoms with van der Waals surface area (Å²) < 4.78 is 19.4. The maximum absolute atomic E-state index is 13.8. The summed E-state index contributed by atoms with van der Waals surface area (Å²) in [5.74, 6) is -0.160. The molecule has 3 rings (SSSR count). The second-order valence-electron chi connectivity index (χ2n) is 5.52. The first kappa shape index (κ1) is 13.0. The van der Waals surface area contributed by atoms with Crippen molar-refractivity contribution < 1.29 is 14.2 Å². The molecule has 1 aliphatic carbocycles. The summed E-state index contributed by atoms with van der Waals surface area (Å²) in [6.45, 7) is 1.54. The number of halogens is 1. The van der Waals surface area contributed by atoms with E-state index in [1.54, 1.807) is 6.07 Å². The third-order valence-corrected chi connectivity index (χ3v) is 4.40. The minimum Gasteiger partial charge on any atom is -0.394 e. The fourth-order valence-corrected chi connectivity index (χ4v) is 3.25. The highest BCUT2D eigenvalue weighted by Crippen LogP contribution is 2.38. The monoisotopic (exact) mass is 265 g/mol. The number of fused-ring (bicyclic) bond motifs is 1. The standard InChI is InChI=1S/C15H20FNO2/c16-14-5-1-4-13-12(14)6-7-15(13,10-18)17-9-11-3-2-8-19-11/h1,4-5,11,17-18H,2-3,6-10H2. The zero-order chi connectivity index (χ0) is 13.3. The van der Waals surface area contributed by atoms with Crippen LogP contribution in [0.3, 0.4) is 0 Å².